The summed E-state index contributed by atoms with van der Waals surface area (Å²) in [5, 5.41) is 4.70. The smallest absolute Gasteiger partial charge is 0.408 e. The van der Waals surface area contributed by atoms with Crippen molar-refractivity contribution in [2.24, 2.45) is 5.92 Å². The van der Waals surface area contributed by atoms with Gasteiger partial charge in [-0.25, -0.2) is 13.6 Å². The number of rotatable bonds is 4. The van der Waals surface area contributed by atoms with Crippen LogP contribution in [0.2, 0.25) is 5.02 Å². The fourth-order valence-electron chi connectivity index (χ4n) is 3.57. The van der Waals surface area contributed by atoms with Crippen molar-refractivity contribution in [3.05, 3.63) is 34.4 Å². The maximum atomic E-state index is 14.4. The van der Waals surface area contributed by atoms with Gasteiger partial charge in [-0.3, -0.25) is 4.79 Å². The van der Waals surface area contributed by atoms with E-state index in [1.165, 1.54) is 12.1 Å². The molecular formula is C17H19ClF2N2O3. The standard InChI is InChI=1S/C17H19ClF2N2O3/c18-14-12(19)6-5-11(15(14)20)10-4-2-1-3-9(10)7-21-16(23)13-8-22-17(24)25-13/h5-6,9-10,13H,1-4,7-8H2,(H,21,23)(H,22,24)/t9?,10?,13-/m0/s1. The Morgan fingerprint density at radius 3 is 2.80 bits per heavy atom. The molecule has 0 spiro atoms. The summed E-state index contributed by atoms with van der Waals surface area (Å²) in [6, 6.07) is 2.61. The van der Waals surface area contributed by atoms with Crippen molar-refractivity contribution in [1.29, 1.82) is 0 Å². The van der Waals surface area contributed by atoms with Crippen LogP contribution < -0.4 is 10.6 Å². The molecule has 1 saturated heterocycles. The molecule has 1 aromatic rings. The van der Waals surface area contributed by atoms with E-state index in [1.807, 2.05) is 0 Å². The highest BCUT2D eigenvalue weighted by atomic mass is 35.5. The Bertz CT molecular complexity index is 686. The van der Waals surface area contributed by atoms with Gasteiger partial charge in [-0.1, -0.05) is 30.5 Å². The molecule has 2 unspecified atom stereocenters. The van der Waals surface area contributed by atoms with Gasteiger partial charge >= 0.3 is 6.09 Å². The van der Waals surface area contributed by atoms with Crippen LogP contribution in [0.3, 0.4) is 0 Å². The lowest BCUT2D eigenvalue weighted by atomic mass is 9.75. The maximum Gasteiger partial charge on any atom is 0.408 e. The van der Waals surface area contributed by atoms with Crippen LogP contribution in [0.1, 0.15) is 37.2 Å². The average Bonchev–Trinajstić information content (AvgIpc) is 3.05. The van der Waals surface area contributed by atoms with Crippen molar-refractivity contribution in [1.82, 2.24) is 10.6 Å². The van der Waals surface area contributed by atoms with E-state index in [0.29, 0.717) is 12.1 Å². The van der Waals surface area contributed by atoms with Crippen LogP contribution in [-0.2, 0) is 9.53 Å². The van der Waals surface area contributed by atoms with E-state index in [4.69, 9.17) is 16.3 Å². The number of hydrogen-bond acceptors (Lipinski definition) is 3. The minimum atomic E-state index is -0.841. The molecule has 2 N–H and O–H groups in total. The molecule has 2 aliphatic rings. The summed E-state index contributed by atoms with van der Waals surface area (Å²) in [5.74, 6) is -2.01. The van der Waals surface area contributed by atoms with Gasteiger partial charge in [0.05, 0.1) is 6.54 Å². The van der Waals surface area contributed by atoms with Crippen LogP contribution in [0.5, 0.6) is 0 Å². The summed E-state index contributed by atoms with van der Waals surface area (Å²) in [4.78, 5) is 23.1. The Morgan fingerprint density at radius 1 is 1.32 bits per heavy atom. The van der Waals surface area contributed by atoms with E-state index >= 15 is 0 Å². The number of alkyl carbamates (subject to hydrolysis) is 1. The molecule has 5 nitrogen and oxygen atoms in total. The first-order valence-electron chi connectivity index (χ1n) is 8.33. The molecule has 1 saturated carbocycles. The molecule has 3 atom stereocenters. The fraction of sp³-hybridized carbons (Fsp3) is 0.529. The Labute approximate surface area is 149 Å². The highest BCUT2D eigenvalue weighted by molar-refractivity contribution is 6.30. The third-order valence-electron chi connectivity index (χ3n) is 4.89. The van der Waals surface area contributed by atoms with E-state index < -0.39 is 28.9 Å². The minimum absolute atomic E-state index is 0.0128. The van der Waals surface area contributed by atoms with E-state index in [1.54, 1.807) is 0 Å². The first-order valence-corrected chi connectivity index (χ1v) is 8.70. The molecular weight excluding hydrogens is 354 g/mol. The topological polar surface area (TPSA) is 67.4 Å². The molecule has 2 amide bonds. The normalized spacial score (nSPS) is 26.0. The van der Waals surface area contributed by atoms with Crippen molar-refractivity contribution in [2.45, 2.75) is 37.7 Å². The lowest BCUT2D eigenvalue weighted by molar-refractivity contribution is -0.128. The number of ether oxygens (including phenoxy) is 1. The van der Waals surface area contributed by atoms with Crippen LogP contribution in [0.4, 0.5) is 13.6 Å². The van der Waals surface area contributed by atoms with Gasteiger partial charge < -0.3 is 15.4 Å². The molecule has 0 bridgehead atoms. The highest BCUT2D eigenvalue weighted by Crippen LogP contribution is 2.40. The molecule has 1 heterocycles. The number of carbonyl (C=O) groups is 2. The molecule has 25 heavy (non-hydrogen) atoms. The van der Waals surface area contributed by atoms with E-state index in [-0.39, 0.29) is 24.3 Å². The van der Waals surface area contributed by atoms with Crippen molar-refractivity contribution in [3.8, 4) is 0 Å². The maximum absolute atomic E-state index is 14.4. The molecule has 2 fully saturated rings. The first kappa shape index (κ1) is 17.9. The van der Waals surface area contributed by atoms with Crippen molar-refractivity contribution >= 4 is 23.6 Å². The average molecular weight is 373 g/mol. The third-order valence-corrected chi connectivity index (χ3v) is 5.23. The van der Waals surface area contributed by atoms with Crippen LogP contribution >= 0.6 is 11.6 Å². The number of amides is 2. The first-order chi connectivity index (χ1) is 12.0. The van der Waals surface area contributed by atoms with Crippen molar-refractivity contribution in [3.63, 3.8) is 0 Å². The van der Waals surface area contributed by atoms with Gasteiger partial charge in [-0.15, -0.1) is 0 Å². The summed E-state index contributed by atoms with van der Waals surface area (Å²) < 4.78 is 32.6. The highest BCUT2D eigenvalue weighted by Gasteiger charge is 2.33. The molecule has 1 aliphatic heterocycles. The second-order valence-corrected chi connectivity index (χ2v) is 6.81. The second-order valence-electron chi connectivity index (χ2n) is 6.44. The SMILES string of the molecule is O=C1NC[C@@H](C(=O)NCC2CCCCC2c2ccc(F)c(Cl)c2F)O1. The monoisotopic (exact) mass is 372 g/mol. The Balaban J connectivity index is 1.68. The largest absolute Gasteiger partial charge is 0.434 e. The molecule has 0 radical (unpaired) electrons. The number of carbonyl (C=O) groups excluding carboxylic acids is 2. The molecule has 1 aliphatic carbocycles. The number of nitrogens with one attached hydrogen (secondary N) is 2. The van der Waals surface area contributed by atoms with Gasteiger partial charge in [-0.2, -0.15) is 0 Å². The van der Waals surface area contributed by atoms with Crippen molar-refractivity contribution < 1.29 is 23.1 Å². The third kappa shape index (κ3) is 3.86. The second kappa shape index (κ2) is 7.56. The summed E-state index contributed by atoms with van der Waals surface area (Å²) >= 11 is 5.70. The molecule has 3 rings (SSSR count). The van der Waals surface area contributed by atoms with E-state index in [0.717, 1.165) is 25.7 Å². The zero-order valence-electron chi connectivity index (χ0n) is 13.5. The minimum Gasteiger partial charge on any atom is -0.434 e. The number of benzene rings is 1. The number of halogens is 3. The summed E-state index contributed by atoms with van der Waals surface area (Å²) in [6.07, 6.45) is 2.04. The van der Waals surface area contributed by atoms with Crippen LogP contribution in [0.15, 0.2) is 12.1 Å². The van der Waals surface area contributed by atoms with Crippen LogP contribution in [0.25, 0.3) is 0 Å². The molecule has 1 aromatic carbocycles. The van der Waals surface area contributed by atoms with Gasteiger partial charge in [0.2, 0.25) is 0 Å². The summed E-state index contributed by atoms with van der Waals surface area (Å²) in [5.41, 5.74) is 0.388. The lowest BCUT2D eigenvalue weighted by Crippen LogP contribution is -2.41. The van der Waals surface area contributed by atoms with E-state index in [9.17, 15) is 18.4 Å². The number of hydrogen-bond donors (Lipinski definition) is 2. The Morgan fingerprint density at radius 2 is 2.08 bits per heavy atom. The Kier molecular flexibility index (Phi) is 5.42. The molecule has 8 heteroatoms. The van der Waals surface area contributed by atoms with Gasteiger partial charge in [0.15, 0.2) is 6.10 Å². The zero-order valence-corrected chi connectivity index (χ0v) is 14.2. The van der Waals surface area contributed by atoms with Crippen LogP contribution in [0, 0.1) is 17.6 Å². The lowest BCUT2D eigenvalue weighted by Gasteiger charge is -2.32. The predicted molar refractivity (Wildman–Crippen MR) is 87.3 cm³/mol. The van der Waals surface area contributed by atoms with Crippen LogP contribution in [-0.4, -0.2) is 31.2 Å². The van der Waals surface area contributed by atoms with Gasteiger partial charge in [0, 0.05) is 6.54 Å². The predicted octanol–water partition coefficient (Wildman–Crippen LogP) is 3.12. The fourth-order valence-corrected chi connectivity index (χ4v) is 3.74. The van der Waals surface area contributed by atoms with Gasteiger partial charge in [0.25, 0.3) is 5.91 Å². The quantitative estimate of drug-likeness (QED) is 0.798. The van der Waals surface area contributed by atoms with Gasteiger partial charge in [-0.05, 0) is 36.3 Å². The number of cyclic esters (lactones) is 1. The van der Waals surface area contributed by atoms with E-state index in [2.05, 4.69) is 10.6 Å². The van der Waals surface area contributed by atoms with Crippen molar-refractivity contribution in [2.75, 3.05) is 13.1 Å². The van der Waals surface area contributed by atoms with Gasteiger partial charge in [0.1, 0.15) is 16.7 Å². The molecule has 0 aromatic heterocycles. The zero-order chi connectivity index (χ0) is 18.0. The summed E-state index contributed by atoms with van der Waals surface area (Å²) in [6.45, 7) is 0.479. The summed E-state index contributed by atoms with van der Waals surface area (Å²) in [7, 11) is 0. The Hall–Kier alpha value is -1.89. The molecule has 136 valence electrons.